The highest BCUT2D eigenvalue weighted by atomic mass is 32.2. The van der Waals surface area contributed by atoms with E-state index in [0.717, 1.165) is 5.56 Å². The van der Waals surface area contributed by atoms with Crippen LogP contribution in [0.4, 0.5) is 11.4 Å². The van der Waals surface area contributed by atoms with E-state index >= 15 is 0 Å². The van der Waals surface area contributed by atoms with Crippen LogP contribution < -0.4 is 24.2 Å². The Morgan fingerprint density at radius 2 is 1.75 bits per heavy atom. The predicted molar refractivity (Wildman–Crippen MR) is 120 cm³/mol. The van der Waals surface area contributed by atoms with Gasteiger partial charge in [0, 0.05) is 5.69 Å². The fraction of sp³-hybridized carbons (Fsp3) is 0.174. The molecule has 32 heavy (non-hydrogen) atoms. The van der Waals surface area contributed by atoms with Gasteiger partial charge in [-0.3, -0.25) is 9.52 Å². The smallest absolute Gasteiger partial charge is 0.269 e. The van der Waals surface area contributed by atoms with Crippen LogP contribution in [-0.2, 0) is 14.8 Å². The van der Waals surface area contributed by atoms with Crippen LogP contribution in [0.1, 0.15) is 5.56 Å². The molecule has 0 spiro atoms. The van der Waals surface area contributed by atoms with Crippen molar-refractivity contribution in [3.8, 4) is 17.2 Å². The summed E-state index contributed by atoms with van der Waals surface area (Å²) in [5.41, 5.74) is 1.67. The van der Waals surface area contributed by atoms with E-state index in [9.17, 15) is 13.2 Å². The number of sulfonamides is 1. The van der Waals surface area contributed by atoms with Gasteiger partial charge in [0.05, 0.1) is 17.7 Å². The maximum atomic E-state index is 12.8. The summed E-state index contributed by atoms with van der Waals surface area (Å²) < 4.78 is 44.6. The van der Waals surface area contributed by atoms with Crippen LogP contribution in [0.25, 0.3) is 0 Å². The van der Waals surface area contributed by atoms with Crippen molar-refractivity contribution in [2.45, 2.75) is 17.9 Å². The lowest BCUT2D eigenvalue weighted by Crippen LogP contribution is -2.40. The van der Waals surface area contributed by atoms with Crippen LogP contribution >= 0.6 is 0 Å². The monoisotopic (exact) mass is 454 g/mol. The van der Waals surface area contributed by atoms with E-state index < -0.39 is 22.0 Å². The van der Waals surface area contributed by atoms with Gasteiger partial charge >= 0.3 is 0 Å². The highest BCUT2D eigenvalue weighted by molar-refractivity contribution is 7.92. The molecule has 4 rings (SSSR count). The van der Waals surface area contributed by atoms with Crippen molar-refractivity contribution in [3.05, 3.63) is 72.3 Å². The number of nitrogens with one attached hydrogen (secondary N) is 2. The number of ether oxygens (including phenoxy) is 3. The van der Waals surface area contributed by atoms with Gasteiger partial charge in [0.1, 0.15) is 12.4 Å². The Kier molecular flexibility index (Phi) is 5.91. The number of amides is 1. The van der Waals surface area contributed by atoms with Gasteiger partial charge in [-0.25, -0.2) is 8.42 Å². The molecule has 1 amide bonds. The molecule has 0 radical (unpaired) electrons. The Morgan fingerprint density at radius 3 is 2.47 bits per heavy atom. The van der Waals surface area contributed by atoms with Gasteiger partial charge in [-0.2, -0.15) is 0 Å². The normalized spacial score (nSPS) is 15.0. The second-order valence-electron chi connectivity index (χ2n) is 7.19. The Hall–Kier alpha value is -3.72. The van der Waals surface area contributed by atoms with E-state index in [0.29, 0.717) is 28.6 Å². The van der Waals surface area contributed by atoms with Crippen molar-refractivity contribution in [3.63, 3.8) is 0 Å². The minimum absolute atomic E-state index is 0.0465. The van der Waals surface area contributed by atoms with E-state index in [1.165, 1.54) is 31.4 Å². The summed E-state index contributed by atoms with van der Waals surface area (Å²) in [7, 11) is -2.38. The molecule has 0 aromatic heterocycles. The molecule has 1 aliphatic heterocycles. The molecule has 8 nitrogen and oxygen atoms in total. The number of aryl methyl sites for hydroxylation is 1. The topological polar surface area (TPSA) is 103 Å². The molecule has 0 saturated carbocycles. The second-order valence-corrected chi connectivity index (χ2v) is 8.87. The molecule has 3 aromatic carbocycles. The molecule has 0 fully saturated rings. The molecule has 1 atom stereocenters. The Balaban J connectivity index is 1.44. The lowest BCUT2D eigenvalue weighted by Gasteiger charge is -2.25. The molecule has 166 valence electrons. The first-order chi connectivity index (χ1) is 15.4. The van der Waals surface area contributed by atoms with Gasteiger partial charge in [0.25, 0.3) is 15.9 Å². The summed E-state index contributed by atoms with van der Waals surface area (Å²) in [5, 5.41) is 2.72. The van der Waals surface area contributed by atoms with Crippen LogP contribution in [0, 0.1) is 6.92 Å². The fourth-order valence-electron chi connectivity index (χ4n) is 3.19. The van der Waals surface area contributed by atoms with Gasteiger partial charge in [-0.05, 0) is 61.0 Å². The van der Waals surface area contributed by atoms with Crippen LogP contribution in [0.5, 0.6) is 17.2 Å². The average Bonchev–Trinajstić information content (AvgIpc) is 2.79. The zero-order valence-corrected chi connectivity index (χ0v) is 18.3. The number of methoxy groups -OCH3 is 1. The molecule has 2 N–H and O–H groups in total. The van der Waals surface area contributed by atoms with Crippen molar-refractivity contribution in [2.75, 3.05) is 23.8 Å². The lowest BCUT2D eigenvalue weighted by atomic mass is 10.2. The molecular weight excluding hydrogens is 432 g/mol. The Morgan fingerprint density at radius 1 is 1.03 bits per heavy atom. The molecule has 0 aliphatic carbocycles. The number of hydrogen-bond acceptors (Lipinski definition) is 6. The predicted octanol–water partition coefficient (Wildman–Crippen LogP) is 3.58. The number of benzene rings is 3. The first-order valence-corrected chi connectivity index (χ1v) is 11.3. The van der Waals surface area contributed by atoms with Gasteiger partial charge < -0.3 is 19.5 Å². The van der Waals surface area contributed by atoms with Gasteiger partial charge in [0.15, 0.2) is 11.5 Å². The zero-order chi connectivity index (χ0) is 22.7. The third-order valence-corrected chi connectivity index (χ3v) is 6.21. The largest absolute Gasteiger partial charge is 0.495 e. The molecule has 3 aromatic rings. The molecule has 1 aliphatic rings. The van der Waals surface area contributed by atoms with Crippen LogP contribution in [-0.4, -0.2) is 34.1 Å². The minimum atomic E-state index is -3.85. The van der Waals surface area contributed by atoms with Crippen LogP contribution in [0.15, 0.2) is 71.6 Å². The maximum Gasteiger partial charge on any atom is 0.269 e. The molecule has 1 unspecified atom stereocenters. The van der Waals surface area contributed by atoms with Crippen molar-refractivity contribution >= 4 is 27.3 Å². The number of carbonyl (C=O) groups is 1. The van der Waals surface area contributed by atoms with E-state index in [-0.39, 0.29) is 11.5 Å². The third-order valence-electron chi connectivity index (χ3n) is 4.83. The number of rotatable bonds is 6. The Bertz CT molecular complexity index is 1240. The number of fused-ring (bicyclic) bond motifs is 1. The number of carbonyl (C=O) groups excluding carboxylic acids is 1. The molecule has 0 saturated heterocycles. The molecule has 0 bridgehead atoms. The van der Waals surface area contributed by atoms with E-state index in [4.69, 9.17) is 14.2 Å². The minimum Gasteiger partial charge on any atom is -0.495 e. The van der Waals surface area contributed by atoms with Crippen molar-refractivity contribution in [1.29, 1.82) is 0 Å². The van der Waals surface area contributed by atoms with Gasteiger partial charge in [-0.15, -0.1) is 0 Å². The van der Waals surface area contributed by atoms with E-state index in [1.54, 1.807) is 30.3 Å². The Labute approximate surface area is 186 Å². The quantitative estimate of drug-likeness (QED) is 0.590. The summed E-state index contributed by atoms with van der Waals surface area (Å²) in [6.45, 7) is 1.94. The highest BCUT2D eigenvalue weighted by Crippen LogP contribution is 2.31. The summed E-state index contributed by atoms with van der Waals surface area (Å²) in [6, 6.07) is 18.2. The van der Waals surface area contributed by atoms with Crippen LogP contribution in [0.3, 0.4) is 0 Å². The highest BCUT2D eigenvalue weighted by Gasteiger charge is 2.27. The standard InChI is InChI=1S/C23H22N2O6S/c1-15-7-12-19(29-2)18(13-15)25-32(27,28)17-10-8-16(9-11-17)24-23(26)22-14-30-20-5-3-4-6-21(20)31-22/h3-13,22,25H,14H2,1-2H3,(H,24,26). The SMILES string of the molecule is COc1ccc(C)cc1NS(=O)(=O)c1ccc(NC(=O)C2COc3ccccc3O2)cc1. The first-order valence-electron chi connectivity index (χ1n) is 9.82. The molecule has 1 heterocycles. The van der Waals surface area contributed by atoms with Gasteiger partial charge in [-0.1, -0.05) is 18.2 Å². The third kappa shape index (κ3) is 4.62. The first kappa shape index (κ1) is 21.5. The number of para-hydroxylation sites is 2. The van der Waals surface area contributed by atoms with E-state index in [2.05, 4.69) is 10.0 Å². The van der Waals surface area contributed by atoms with Crippen LogP contribution in [0.2, 0.25) is 0 Å². The fourth-order valence-corrected chi connectivity index (χ4v) is 4.26. The number of anilines is 2. The van der Waals surface area contributed by atoms with Gasteiger partial charge in [0.2, 0.25) is 6.10 Å². The lowest BCUT2D eigenvalue weighted by molar-refractivity contribution is -0.125. The maximum absolute atomic E-state index is 12.8. The molecular formula is C23H22N2O6S. The number of hydrogen-bond donors (Lipinski definition) is 2. The average molecular weight is 455 g/mol. The summed E-state index contributed by atoms with van der Waals surface area (Å²) in [4.78, 5) is 12.6. The summed E-state index contributed by atoms with van der Waals surface area (Å²) in [5.74, 6) is 1.11. The summed E-state index contributed by atoms with van der Waals surface area (Å²) >= 11 is 0. The van der Waals surface area contributed by atoms with E-state index in [1.807, 2.05) is 19.1 Å². The molecule has 9 heteroatoms. The van der Waals surface area contributed by atoms with Crippen molar-refractivity contribution in [1.82, 2.24) is 0 Å². The second kappa shape index (κ2) is 8.80. The van der Waals surface area contributed by atoms with Crippen molar-refractivity contribution in [2.24, 2.45) is 0 Å². The van der Waals surface area contributed by atoms with Crippen molar-refractivity contribution < 1.29 is 27.4 Å². The summed E-state index contributed by atoms with van der Waals surface area (Å²) in [6.07, 6.45) is -0.816. The zero-order valence-electron chi connectivity index (χ0n) is 17.5.